The molecule has 1 aromatic heterocycles. The van der Waals surface area contributed by atoms with Crippen molar-refractivity contribution in [2.45, 2.75) is 32.5 Å². The highest BCUT2D eigenvalue weighted by Crippen LogP contribution is 2.34. The van der Waals surface area contributed by atoms with Gasteiger partial charge in [0.15, 0.2) is 0 Å². The van der Waals surface area contributed by atoms with Gasteiger partial charge in [0, 0.05) is 69.9 Å². The van der Waals surface area contributed by atoms with Crippen LogP contribution in [-0.2, 0) is 11.3 Å². The zero-order valence-corrected chi connectivity index (χ0v) is 15.1. The first-order valence-electron chi connectivity index (χ1n) is 8.76. The van der Waals surface area contributed by atoms with Crippen LogP contribution in [0.25, 0.3) is 0 Å². The summed E-state index contributed by atoms with van der Waals surface area (Å²) < 4.78 is 7.97. The van der Waals surface area contributed by atoms with Crippen LogP contribution in [0.3, 0.4) is 0 Å². The van der Waals surface area contributed by atoms with Crippen molar-refractivity contribution in [1.29, 1.82) is 0 Å². The molecule has 1 aromatic rings. The van der Waals surface area contributed by atoms with Crippen molar-refractivity contribution in [2.75, 3.05) is 40.3 Å². The molecule has 2 saturated heterocycles. The summed E-state index contributed by atoms with van der Waals surface area (Å²) in [5, 5.41) is 7.41. The molecule has 7 nitrogen and oxygen atoms in total. The van der Waals surface area contributed by atoms with E-state index in [1.54, 1.807) is 19.0 Å². The number of aromatic nitrogens is 2. The van der Waals surface area contributed by atoms with Crippen molar-refractivity contribution in [2.24, 2.45) is 11.8 Å². The lowest BCUT2D eigenvalue weighted by molar-refractivity contribution is 0.0940. The van der Waals surface area contributed by atoms with Crippen molar-refractivity contribution in [1.82, 2.24) is 24.9 Å². The number of hydrogen-bond donors (Lipinski definition) is 1. The second-order valence-electron chi connectivity index (χ2n) is 7.49. The Hall–Kier alpha value is -1.60. The molecule has 3 rings (SSSR count). The number of likely N-dealkylation sites (tertiary alicyclic amines) is 1. The maximum Gasteiger partial charge on any atom is 0.316 e. The SMILES string of the molecule is CC(C)n1cc(CN2C[C@@H]3[C@H](CNC(=O)N(C)C)CO[C@@H]3C2)cn1. The Kier molecular flexibility index (Phi) is 5.10. The minimum Gasteiger partial charge on any atom is -0.376 e. The minimum absolute atomic E-state index is 0.0330. The van der Waals surface area contributed by atoms with Crippen LogP contribution < -0.4 is 5.32 Å². The Balaban J connectivity index is 1.51. The van der Waals surface area contributed by atoms with Gasteiger partial charge in [0.05, 0.1) is 18.9 Å². The first kappa shape index (κ1) is 17.2. The van der Waals surface area contributed by atoms with E-state index in [4.69, 9.17) is 4.74 Å². The number of rotatable bonds is 5. The molecule has 0 unspecified atom stereocenters. The van der Waals surface area contributed by atoms with E-state index in [-0.39, 0.29) is 6.03 Å². The average molecular weight is 335 g/mol. The van der Waals surface area contributed by atoms with E-state index >= 15 is 0 Å². The second-order valence-corrected chi connectivity index (χ2v) is 7.49. The van der Waals surface area contributed by atoms with Crippen molar-refractivity contribution in [3.63, 3.8) is 0 Å². The number of ether oxygens (including phenoxy) is 1. The molecule has 0 saturated carbocycles. The Morgan fingerprint density at radius 2 is 2.25 bits per heavy atom. The number of nitrogens with one attached hydrogen (secondary N) is 1. The molecule has 134 valence electrons. The third-order valence-corrected chi connectivity index (χ3v) is 5.03. The van der Waals surface area contributed by atoms with Crippen LogP contribution in [0.1, 0.15) is 25.5 Å². The van der Waals surface area contributed by atoms with Crippen molar-refractivity contribution < 1.29 is 9.53 Å². The number of fused-ring (bicyclic) bond motifs is 1. The molecule has 0 aliphatic carbocycles. The molecule has 2 aliphatic rings. The topological polar surface area (TPSA) is 62.6 Å². The van der Waals surface area contributed by atoms with E-state index in [1.165, 1.54) is 5.56 Å². The minimum atomic E-state index is -0.0330. The summed E-state index contributed by atoms with van der Waals surface area (Å²) in [7, 11) is 3.52. The molecule has 2 amide bonds. The van der Waals surface area contributed by atoms with Gasteiger partial charge in [-0.3, -0.25) is 9.58 Å². The van der Waals surface area contributed by atoms with Crippen LogP contribution in [0.5, 0.6) is 0 Å². The summed E-state index contributed by atoms with van der Waals surface area (Å²) in [6, 6.07) is 0.360. The van der Waals surface area contributed by atoms with Crippen molar-refractivity contribution in [3.8, 4) is 0 Å². The quantitative estimate of drug-likeness (QED) is 0.878. The first-order chi connectivity index (χ1) is 11.4. The Morgan fingerprint density at radius 1 is 1.46 bits per heavy atom. The van der Waals surface area contributed by atoms with Gasteiger partial charge in [-0.15, -0.1) is 0 Å². The summed E-state index contributed by atoms with van der Waals surface area (Å²) in [5.74, 6) is 0.912. The van der Waals surface area contributed by atoms with E-state index in [0.29, 0.717) is 30.5 Å². The van der Waals surface area contributed by atoms with Crippen LogP contribution in [-0.4, -0.2) is 72.1 Å². The number of urea groups is 1. The monoisotopic (exact) mass is 335 g/mol. The molecule has 2 fully saturated rings. The Morgan fingerprint density at radius 3 is 2.92 bits per heavy atom. The van der Waals surface area contributed by atoms with E-state index in [0.717, 1.165) is 26.2 Å². The zero-order valence-electron chi connectivity index (χ0n) is 15.1. The molecular weight excluding hydrogens is 306 g/mol. The van der Waals surface area contributed by atoms with Crippen LogP contribution in [0.4, 0.5) is 4.79 Å². The third kappa shape index (κ3) is 3.72. The molecule has 0 bridgehead atoms. The summed E-state index contributed by atoms with van der Waals surface area (Å²) in [6.45, 7) is 8.63. The molecule has 0 spiro atoms. The normalized spacial score (nSPS) is 26.8. The lowest BCUT2D eigenvalue weighted by Crippen LogP contribution is -2.39. The highest BCUT2D eigenvalue weighted by molar-refractivity contribution is 5.73. The summed E-state index contributed by atoms with van der Waals surface area (Å²) in [4.78, 5) is 15.7. The van der Waals surface area contributed by atoms with Crippen LogP contribution in [0, 0.1) is 11.8 Å². The number of carbonyl (C=O) groups excluding carboxylic acids is 1. The lowest BCUT2D eigenvalue weighted by atomic mass is 9.93. The van der Waals surface area contributed by atoms with E-state index in [1.807, 2.05) is 10.9 Å². The zero-order chi connectivity index (χ0) is 17.3. The predicted octanol–water partition coefficient (Wildman–Crippen LogP) is 1.18. The van der Waals surface area contributed by atoms with Gasteiger partial charge in [-0.2, -0.15) is 5.10 Å². The third-order valence-electron chi connectivity index (χ3n) is 5.03. The van der Waals surface area contributed by atoms with Gasteiger partial charge in [0.25, 0.3) is 0 Å². The molecule has 0 radical (unpaired) electrons. The molecule has 3 atom stereocenters. The first-order valence-corrected chi connectivity index (χ1v) is 8.76. The maximum absolute atomic E-state index is 11.7. The van der Waals surface area contributed by atoms with Gasteiger partial charge in [-0.25, -0.2) is 4.79 Å². The highest BCUT2D eigenvalue weighted by atomic mass is 16.5. The van der Waals surface area contributed by atoms with Gasteiger partial charge in [0.1, 0.15) is 0 Å². The fraction of sp³-hybridized carbons (Fsp3) is 0.765. The molecule has 3 heterocycles. The van der Waals surface area contributed by atoms with E-state index in [9.17, 15) is 4.79 Å². The van der Waals surface area contributed by atoms with Gasteiger partial charge in [-0.05, 0) is 13.8 Å². The smallest absolute Gasteiger partial charge is 0.316 e. The van der Waals surface area contributed by atoms with Gasteiger partial charge in [-0.1, -0.05) is 0 Å². The van der Waals surface area contributed by atoms with Crippen molar-refractivity contribution >= 4 is 6.03 Å². The number of amides is 2. The predicted molar refractivity (Wildman–Crippen MR) is 91.7 cm³/mol. The van der Waals surface area contributed by atoms with E-state index < -0.39 is 0 Å². The summed E-state index contributed by atoms with van der Waals surface area (Å²) in [5.41, 5.74) is 1.25. The molecule has 2 aliphatic heterocycles. The Bertz CT molecular complexity index is 571. The van der Waals surface area contributed by atoms with Gasteiger partial charge < -0.3 is 15.0 Å². The molecule has 1 N–H and O–H groups in total. The molecule has 0 aromatic carbocycles. The lowest BCUT2D eigenvalue weighted by Gasteiger charge is -2.20. The Labute approximate surface area is 143 Å². The van der Waals surface area contributed by atoms with Gasteiger partial charge >= 0.3 is 6.03 Å². The number of nitrogens with zero attached hydrogens (tertiary/aromatic N) is 4. The average Bonchev–Trinajstić information content (AvgIpc) is 3.21. The fourth-order valence-corrected chi connectivity index (χ4v) is 3.60. The number of carbonyl (C=O) groups is 1. The summed E-state index contributed by atoms with van der Waals surface area (Å²) in [6.07, 6.45) is 4.39. The number of hydrogen-bond acceptors (Lipinski definition) is 4. The van der Waals surface area contributed by atoms with E-state index in [2.05, 4.69) is 35.4 Å². The fourth-order valence-electron chi connectivity index (χ4n) is 3.60. The standard InChI is InChI=1S/C17H29N5O2/c1-12(2)22-8-13(5-19-22)7-21-9-15-14(11-24-16(15)10-21)6-18-17(23)20(3)4/h5,8,12,14-16H,6-7,9-11H2,1-4H3,(H,18,23)/t14-,15-,16-/m1/s1. The van der Waals surface area contributed by atoms with Crippen LogP contribution in [0.15, 0.2) is 12.4 Å². The van der Waals surface area contributed by atoms with Gasteiger partial charge in [0.2, 0.25) is 0 Å². The maximum atomic E-state index is 11.7. The van der Waals surface area contributed by atoms with Crippen LogP contribution >= 0.6 is 0 Å². The summed E-state index contributed by atoms with van der Waals surface area (Å²) >= 11 is 0. The molecule has 24 heavy (non-hydrogen) atoms. The highest BCUT2D eigenvalue weighted by Gasteiger charge is 2.43. The van der Waals surface area contributed by atoms with Crippen LogP contribution in [0.2, 0.25) is 0 Å². The second kappa shape index (κ2) is 7.11. The van der Waals surface area contributed by atoms with Crippen molar-refractivity contribution in [3.05, 3.63) is 18.0 Å². The molecule has 7 heteroatoms. The largest absolute Gasteiger partial charge is 0.376 e. The molecular formula is C17H29N5O2.